The van der Waals surface area contributed by atoms with Gasteiger partial charge in [-0.15, -0.1) is 0 Å². The summed E-state index contributed by atoms with van der Waals surface area (Å²) in [6, 6.07) is 0. The number of hydrogen-bond acceptors (Lipinski definition) is 6. The molecule has 0 spiro atoms. The third kappa shape index (κ3) is 2.50. The largest absolute Gasteiger partial charge is 0.409 e. The van der Waals surface area contributed by atoms with Gasteiger partial charge in [-0.3, -0.25) is 4.79 Å². The number of likely N-dealkylation sites (tertiary alicyclic amines) is 1. The van der Waals surface area contributed by atoms with Crippen LogP contribution in [0.2, 0.25) is 0 Å². The van der Waals surface area contributed by atoms with Gasteiger partial charge in [0.2, 0.25) is 0 Å². The van der Waals surface area contributed by atoms with Gasteiger partial charge in [0.1, 0.15) is 0 Å². The van der Waals surface area contributed by atoms with Gasteiger partial charge in [-0.1, -0.05) is 5.16 Å². The molecular weight excluding hydrogens is 268 g/mol. The van der Waals surface area contributed by atoms with Crippen LogP contribution in [0.5, 0.6) is 0 Å². The molecule has 0 saturated carbocycles. The van der Waals surface area contributed by atoms with E-state index in [4.69, 9.17) is 10.9 Å². The van der Waals surface area contributed by atoms with Crippen LogP contribution in [-0.4, -0.2) is 61.4 Å². The third-order valence-electron chi connectivity index (χ3n) is 3.46. The van der Waals surface area contributed by atoms with E-state index in [-0.39, 0.29) is 11.7 Å². The number of nitrogens with zero attached hydrogens (tertiary/aromatic N) is 4. The van der Waals surface area contributed by atoms with E-state index in [9.17, 15) is 4.79 Å². The first-order chi connectivity index (χ1) is 9.13. The summed E-state index contributed by atoms with van der Waals surface area (Å²) in [4.78, 5) is 13.8. The van der Waals surface area contributed by atoms with Gasteiger partial charge in [-0.25, -0.2) is 0 Å². The van der Waals surface area contributed by atoms with Crippen LogP contribution < -0.4 is 5.73 Å². The Labute approximate surface area is 114 Å². The molecule has 1 aliphatic rings. The van der Waals surface area contributed by atoms with E-state index in [0.717, 1.165) is 0 Å². The van der Waals surface area contributed by atoms with Gasteiger partial charge in [0.25, 0.3) is 5.91 Å². The molecule has 0 bridgehead atoms. The maximum Gasteiger partial charge on any atom is 0.276 e. The molecule has 0 unspecified atom stereocenters. The topological polar surface area (TPSA) is 120 Å². The minimum Gasteiger partial charge on any atom is -0.409 e. The Kier molecular flexibility index (Phi) is 3.93. The van der Waals surface area contributed by atoms with Crippen LogP contribution in [0.15, 0.2) is 11.4 Å². The molecule has 1 fully saturated rings. The Balaban J connectivity index is 2.04. The number of nitrogens with one attached hydrogen (secondary N) is 1. The molecule has 2 heterocycles. The number of hydrogen-bond donors (Lipinski definition) is 3. The quantitative estimate of drug-likeness (QED) is 0.308. The summed E-state index contributed by atoms with van der Waals surface area (Å²) in [5, 5.41) is 21.8. The number of aromatic nitrogens is 3. The summed E-state index contributed by atoms with van der Waals surface area (Å²) in [5.74, 6) is 0.0662. The number of amides is 1. The summed E-state index contributed by atoms with van der Waals surface area (Å²) < 4.78 is -0.393. The molecule has 1 aromatic rings. The Morgan fingerprint density at radius 2 is 2.32 bits per heavy atom. The molecule has 0 aromatic carbocycles. The fourth-order valence-electron chi connectivity index (χ4n) is 2.19. The van der Waals surface area contributed by atoms with E-state index in [1.165, 1.54) is 6.20 Å². The predicted octanol–water partition coefficient (Wildman–Crippen LogP) is -0.111. The van der Waals surface area contributed by atoms with Crippen LogP contribution in [-0.2, 0) is 0 Å². The lowest BCUT2D eigenvalue weighted by atomic mass is 9.94. The standard InChI is InChI=1S/C10H16N6O2S/c1-19-10(9(11)14-18)2-4-16(5-3-10)8(17)7-6-12-15-13-7/h6,18H,2-5H2,1H3,(H2,11,14)(H,12,13,15). The van der Waals surface area contributed by atoms with Crippen molar-refractivity contribution in [2.75, 3.05) is 19.3 Å². The number of oxime groups is 1. The number of rotatable bonds is 3. The molecule has 1 saturated heterocycles. The number of aromatic amines is 1. The zero-order valence-corrected chi connectivity index (χ0v) is 11.4. The molecule has 8 nitrogen and oxygen atoms in total. The van der Waals surface area contributed by atoms with Gasteiger partial charge in [0.15, 0.2) is 11.5 Å². The summed E-state index contributed by atoms with van der Waals surface area (Å²) in [7, 11) is 0. The highest BCUT2D eigenvalue weighted by molar-refractivity contribution is 8.00. The molecule has 0 atom stereocenters. The van der Waals surface area contributed by atoms with E-state index >= 15 is 0 Å². The molecule has 104 valence electrons. The Hall–Kier alpha value is -1.77. The monoisotopic (exact) mass is 284 g/mol. The maximum atomic E-state index is 12.1. The van der Waals surface area contributed by atoms with Crippen molar-refractivity contribution in [2.24, 2.45) is 10.9 Å². The lowest BCUT2D eigenvalue weighted by Gasteiger charge is -2.39. The minimum atomic E-state index is -0.393. The van der Waals surface area contributed by atoms with Crippen LogP contribution in [0.3, 0.4) is 0 Å². The van der Waals surface area contributed by atoms with Crippen molar-refractivity contribution in [3.63, 3.8) is 0 Å². The van der Waals surface area contributed by atoms with Crippen molar-refractivity contribution >= 4 is 23.5 Å². The molecular formula is C10H16N6O2S. The number of nitrogens with two attached hydrogens (primary N) is 1. The number of piperidine rings is 1. The highest BCUT2D eigenvalue weighted by Gasteiger charge is 2.39. The summed E-state index contributed by atoms with van der Waals surface area (Å²) in [6.45, 7) is 1.09. The second-order valence-corrected chi connectivity index (χ2v) is 5.52. The van der Waals surface area contributed by atoms with E-state index in [1.807, 2.05) is 6.26 Å². The Morgan fingerprint density at radius 3 is 2.79 bits per heavy atom. The van der Waals surface area contributed by atoms with Crippen molar-refractivity contribution < 1.29 is 10.0 Å². The van der Waals surface area contributed by atoms with Gasteiger partial charge in [0.05, 0.1) is 10.9 Å². The summed E-state index contributed by atoms with van der Waals surface area (Å²) >= 11 is 1.55. The molecule has 1 aromatic heterocycles. The number of H-pyrrole nitrogens is 1. The summed E-state index contributed by atoms with van der Waals surface area (Å²) in [5.41, 5.74) is 6.06. The number of carbonyl (C=O) groups excluding carboxylic acids is 1. The fraction of sp³-hybridized carbons (Fsp3) is 0.600. The fourth-order valence-corrected chi connectivity index (χ4v) is 3.03. The molecule has 0 radical (unpaired) electrons. The van der Waals surface area contributed by atoms with Crippen molar-refractivity contribution in [2.45, 2.75) is 17.6 Å². The highest BCUT2D eigenvalue weighted by atomic mass is 32.2. The second-order valence-electron chi connectivity index (χ2n) is 4.33. The van der Waals surface area contributed by atoms with E-state index in [2.05, 4.69) is 20.6 Å². The smallest absolute Gasteiger partial charge is 0.276 e. The molecule has 4 N–H and O–H groups in total. The van der Waals surface area contributed by atoms with Gasteiger partial charge in [-0.2, -0.15) is 27.2 Å². The molecule has 19 heavy (non-hydrogen) atoms. The maximum absolute atomic E-state index is 12.1. The molecule has 0 aliphatic carbocycles. The lowest BCUT2D eigenvalue weighted by molar-refractivity contribution is 0.0712. The molecule has 9 heteroatoms. The minimum absolute atomic E-state index is 0.150. The molecule has 2 rings (SSSR count). The Bertz CT molecular complexity index is 466. The average Bonchev–Trinajstić information content (AvgIpc) is 3.00. The van der Waals surface area contributed by atoms with Crippen molar-refractivity contribution in [1.82, 2.24) is 20.3 Å². The van der Waals surface area contributed by atoms with Crippen molar-refractivity contribution in [1.29, 1.82) is 0 Å². The predicted molar refractivity (Wildman–Crippen MR) is 71.2 cm³/mol. The van der Waals surface area contributed by atoms with Crippen LogP contribution >= 0.6 is 11.8 Å². The lowest BCUT2D eigenvalue weighted by Crippen LogP contribution is -2.51. The molecule has 1 amide bonds. The Morgan fingerprint density at radius 1 is 1.63 bits per heavy atom. The highest BCUT2D eigenvalue weighted by Crippen LogP contribution is 2.35. The van der Waals surface area contributed by atoms with Gasteiger partial charge in [-0.05, 0) is 19.1 Å². The van der Waals surface area contributed by atoms with Crippen molar-refractivity contribution in [3.8, 4) is 0 Å². The zero-order chi connectivity index (χ0) is 13.9. The van der Waals surface area contributed by atoms with E-state index in [1.54, 1.807) is 16.7 Å². The second kappa shape index (κ2) is 5.47. The summed E-state index contributed by atoms with van der Waals surface area (Å²) in [6.07, 6.45) is 4.62. The number of amidine groups is 1. The van der Waals surface area contributed by atoms with Gasteiger partial charge >= 0.3 is 0 Å². The van der Waals surface area contributed by atoms with Crippen LogP contribution in [0, 0.1) is 0 Å². The number of thioether (sulfide) groups is 1. The normalized spacial score (nSPS) is 19.4. The SMILES string of the molecule is CSC1(C(N)=NO)CCN(C(=O)c2cn[nH]n2)CC1. The van der Waals surface area contributed by atoms with Crippen molar-refractivity contribution in [3.05, 3.63) is 11.9 Å². The molecule has 1 aliphatic heterocycles. The van der Waals surface area contributed by atoms with E-state index in [0.29, 0.717) is 31.6 Å². The third-order valence-corrected chi connectivity index (χ3v) is 4.86. The van der Waals surface area contributed by atoms with Crippen LogP contribution in [0.25, 0.3) is 0 Å². The van der Waals surface area contributed by atoms with Crippen LogP contribution in [0.1, 0.15) is 23.3 Å². The van der Waals surface area contributed by atoms with Gasteiger partial charge < -0.3 is 15.8 Å². The first-order valence-corrected chi connectivity index (χ1v) is 7.03. The van der Waals surface area contributed by atoms with Crippen LogP contribution in [0.4, 0.5) is 0 Å². The first kappa shape index (κ1) is 13.7. The first-order valence-electron chi connectivity index (χ1n) is 5.81. The van der Waals surface area contributed by atoms with Gasteiger partial charge in [0, 0.05) is 13.1 Å². The average molecular weight is 284 g/mol. The van der Waals surface area contributed by atoms with E-state index < -0.39 is 4.75 Å². The zero-order valence-electron chi connectivity index (χ0n) is 10.5. The number of carbonyl (C=O) groups is 1.